The third-order valence-electron chi connectivity index (χ3n) is 3.21. The molecule has 0 spiro atoms. The average Bonchev–Trinajstić information content (AvgIpc) is 2.38. The Morgan fingerprint density at radius 3 is 2.26 bits per heavy atom. The van der Waals surface area contributed by atoms with E-state index in [1.165, 1.54) is 5.56 Å². The van der Waals surface area contributed by atoms with Gasteiger partial charge in [-0.1, -0.05) is 19.1 Å². The van der Waals surface area contributed by atoms with Gasteiger partial charge in [0.25, 0.3) is 0 Å². The molecule has 0 aliphatic heterocycles. The van der Waals surface area contributed by atoms with Gasteiger partial charge >= 0.3 is 0 Å². The molecule has 4 nitrogen and oxygen atoms in total. The van der Waals surface area contributed by atoms with E-state index in [2.05, 4.69) is 34.5 Å². The van der Waals surface area contributed by atoms with Crippen LogP contribution in [0, 0.1) is 0 Å². The van der Waals surface area contributed by atoms with Crippen LogP contribution in [0.4, 0.5) is 5.69 Å². The standard InChI is InChI=1S/C14H24N2O2S/c1-5-19(17,18)11-10-15-12(2)13-6-8-14(9-7-13)16(3)4/h6-9,12,15H,5,10-11H2,1-4H3. The first-order chi connectivity index (χ1) is 8.85. The van der Waals surface area contributed by atoms with E-state index in [9.17, 15) is 8.42 Å². The summed E-state index contributed by atoms with van der Waals surface area (Å²) in [5.41, 5.74) is 2.32. The quantitative estimate of drug-likeness (QED) is 0.830. The Labute approximate surface area is 116 Å². The lowest BCUT2D eigenvalue weighted by Crippen LogP contribution is -2.26. The molecule has 1 aromatic rings. The highest BCUT2D eigenvalue weighted by Crippen LogP contribution is 2.17. The number of anilines is 1. The van der Waals surface area contributed by atoms with Gasteiger partial charge in [-0.15, -0.1) is 0 Å². The number of nitrogens with one attached hydrogen (secondary N) is 1. The molecule has 1 atom stereocenters. The number of benzene rings is 1. The van der Waals surface area contributed by atoms with Gasteiger partial charge in [0.1, 0.15) is 0 Å². The molecule has 19 heavy (non-hydrogen) atoms. The maximum Gasteiger partial charge on any atom is 0.151 e. The van der Waals surface area contributed by atoms with E-state index in [-0.39, 0.29) is 17.5 Å². The number of hydrogen-bond acceptors (Lipinski definition) is 4. The second-order valence-corrected chi connectivity index (χ2v) is 7.37. The van der Waals surface area contributed by atoms with Crippen LogP contribution >= 0.6 is 0 Å². The Balaban J connectivity index is 2.52. The molecular weight excluding hydrogens is 260 g/mol. The minimum atomic E-state index is -2.88. The van der Waals surface area contributed by atoms with Gasteiger partial charge in [0.2, 0.25) is 0 Å². The van der Waals surface area contributed by atoms with E-state index in [1.807, 2.05) is 21.0 Å². The van der Waals surface area contributed by atoms with Crippen LogP contribution in [0.25, 0.3) is 0 Å². The summed E-state index contributed by atoms with van der Waals surface area (Å²) in [4.78, 5) is 2.05. The Kier molecular flexibility index (Phi) is 5.82. The van der Waals surface area contributed by atoms with E-state index in [0.717, 1.165) is 5.69 Å². The molecule has 5 heteroatoms. The Bertz CT molecular complexity index is 481. The summed E-state index contributed by atoms with van der Waals surface area (Å²) in [5, 5.41) is 3.25. The number of hydrogen-bond donors (Lipinski definition) is 1. The van der Waals surface area contributed by atoms with Crippen molar-refractivity contribution in [3.63, 3.8) is 0 Å². The summed E-state index contributed by atoms with van der Waals surface area (Å²) in [7, 11) is 1.13. The van der Waals surface area contributed by atoms with Crippen molar-refractivity contribution in [1.29, 1.82) is 0 Å². The van der Waals surface area contributed by atoms with Gasteiger partial charge in [0.05, 0.1) is 5.75 Å². The van der Waals surface area contributed by atoms with Crippen LogP contribution in [0.2, 0.25) is 0 Å². The topological polar surface area (TPSA) is 49.4 Å². The molecule has 1 aromatic carbocycles. The zero-order chi connectivity index (χ0) is 14.5. The molecule has 0 saturated heterocycles. The Morgan fingerprint density at radius 2 is 1.79 bits per heavy atom. The molecule has 0 bridgehead atoms. The van der Waals surface area contributed by atoms with Crippen LogP contribution in [-0.2, 0) is 9.84 Å². The number of sulfone groups is 1. The van der Waals surface area contributed by atoms with E-state index >= 15 is 0 Å². The highest BCUT2D eigenvalue weighted by molar-refractivity contribution is 7.91. The number of nitrogens with zero attached hydrogens (tertiary/aromatic N) is 1. The SMILES string of the molecule is CCS(=O)(=O)CCNC(C)c1ccc(N(C)C)cc1. The van der Waals surface area contributed by atoms with E-state index in [0.29, 0.717) is 6.54 Å². The molecule has 0 radical (unpaired) electrons. The van der Waals surface area contributed by atoms with Crippen LogP contribution in [-0.4, -0.2) is 40.6 Å². The summed E-state index contributed by atoms with van der Waals surface area (Å²) in [6, 6.07) is 8.43. The smallest absolute Gasteiger partial charge is 0.151 e. The Morgan fingerprint density at radius 1 is 1.21 bits per heavy atom. The third kappa shape index (κ3) is 5.20. The molecule has 108 valence electrons. The molecule has 1 unspecified atom stereocenters. The third-order valence-corrected chi connectivity index (χ3v) is 4.92. The van der Waals surface area contributed by atoms with Crippen LogP contribution < -0.4 is 10.2 Å². The summed E-state index contributed by atoms with van der Waals surface area (Å²) in [6.45, 7) is 4.22. The van der Waals surface area contributed by atoms with Crippen LogP contribution in [0.1, 0.15) is 25.5 Å². The minimum Gasteiger partial charge on any atom is -0.378 e. The lowest BCUT2D eigenvalue weighted by Gasteiger charge is -2.17. The largest absolute Gasteiger partial charge is 0.378 e. The van der Waals surface area contributed by atoms with Crippen molar-refractivity contribution in [2.45, 2.75) is 19.9 Å². The molecule has 0 fully saturated rings. The highest BCUT2D eigenvalue weighted by atomic mass is 32.2. The lowest BCUT2D eigenvalue weighted by atomic mass is 10.1. The van der Waals surface area contributed by atoms with E-state index in [1.54, 1.807) is 6.92 Å². The summed E-state index contributed by atoms with van der Waals surface area (Å²) in [6.07, 6.45) is 0. The fourth-order valence-electron chi connectivity index (χ4n) is 1.75. The highest BCUT2D eigenvalue weighted by Gasteiger charge is 2.09. The molecule has 1 rings (SSSR count). The number of rotatable bonds is 7. The first kappa shape index (κ1) is 16.0. The molecule has 0 amide bonds. The van der Waals surface area contributed by atoms with Crippen LogP contribution in [0.15, 0.2) is 24.3 Å². The summed E-state index contributed by atoms with van der Waals surface area (Å²) in [5.74, 6) is 0.407. The zero-order valence-electron chi connectivity index (χ0n) is 12.2. The molecule has 1 N–H and O–H groups in total. The minimum absolute atomic E-state index is 0.156. The Hall–Kier alpha value is -1.07. The molecule has 0 aliphatic carbocycles. The maximum atomic E-state index is 11.4. The van der Waals surface area contributed by atoms with Gasteiger partial charge in [-0.2, -0.15) is 0 Å². The van der Waals surface area contributed by atoms with Crippen LogP contribution in [0.5, 0.6) is 0 Å². The van der Waals surface area contributed by atoms with Crippen molar-refractivity contribution < 1.29 is 8.42 Å². The van der Waals surface area contributed by atoms with Crippen molar-refractivity contribution >= 4 is 15.5 Å². The normalized spacial score (nSPS) is 13.3. The van der Waals surface area contributed by atoms with Crippen molar-refractivity contribution in [1.82, 2.24) is 5.32 Å². The molecular formula is C14H24N2O2S. The van der Waals surface area contributed by atoms with Gasteiger partial charge in [0.15, 0.2) is 9.84 Å². The monoisotopic (exact) mass is 284 g/mol. The predicted octanol–water partition coefficient (Wildman–Crippen LogP) is 1.84. The first-order valence-corrected chi connectivity index (χ1v) is 8.39. The molecule has 0 saturated carbocycles. The van der Waals surface area contributed by atoms with Crippen molar-refractivity contribution in [2.24, 2.45) is 0 Å². The second-order valence-electron chi connectivity index (χ2n) is 4.90. The summed E-state index contributed by atoms with van der Waals surface area (Å²) < 4.78 is 22.8. The lowest BCUT2D eigenvalue weighted by molar-refractivity contribution is 0.573. The summed E-state index contributed by atoms with van der Waals surface area (Å²) >= 11 is 0. The van der Waals surface area contributed by atoms with Gasteiger partial charge < -0.3 is 10.2 Å². The molecule has 0 heterocycles. The predicted molar refractivity (Wildman–Crippen MR) is 81.5 cm³/mol. The van der Waals surface area contributed by atoms with Gasteiger partial charge in [-0.05, 0) is 24.6 Å². The van der Waals surface area contributed by atoms with E-state index < -0.39 is 9.84 Å². The van der Waals surface area contributed by atoms with Crippen molar-refractivity contribution in [3.05, 3.63) is 29.8 Å². The molecule has 0 aliphatic rings. The van der Waals surface area contributed by atoms with Crippen molar-refractivity contribution in [2.75, 3.05) is 37.0 Å². The fourth-order valence-corrected chi connectivity index (χ4v) is 2.47. The fraction of sp³-hybridized carbons (Fsp3) is 0.571. The second kappa shape index (κ2) is 6.91. The van der Waals surface area contributed by atoms with E-state index in [4.69, 9.17) is 0 Å². The van der Waals surface area contributed by atoms with Gasteiger partial charge in [0, 0.05) is 38.1 Å². The van der Waals surface area contributed by atoms with Gasteiger partial charge in [-0.3, -0.25) is 0 Å². The zero-order valence-corrected chi connectivity index (χ0v) is 13.0. The maximum absolute atomic E-state index is 11.4. The van der Waals surface area contributed by atoms with Crippen molar-refractivity contribution in [3.8, 4) is 0 Å². The molecule has 0 aromatic heterocycles. The average molecular weight is 284 g/mol. The first-order valence-electron chi connectivity index (χ1n) is 6.57. The van der Waals surface area contributed by atoms with Gasteiger partial charge in [-0.25, -0.2) is 8.42 Å². The van der Waals surface area contributed by atoms with Crippen LogP contribution in [0.3, 0.4) is 0 Å².